The summed E-state index contributed by atoms with van der Waals surface area (Å²) >= 11 is 0. The largest absolute Gasteiger partial charge is 0.469 e. The van der Waals surface area contributed by atoms with E-state index in [4.69, 9.17) is 5.26 Å². The number of nitrogens with zero attached hydrogens (tertiary/aromatic N) is 1. The molecule has 0 heterocycles. The minimum absolute atomic E-state index is 0.0935. The highest BCUT2D eigenvalue weighted by Gasteiger charge is 2.08. The summed E-state index contributed by atoms with van der Waals surface area (Å²) in [6.45, 7) is 2.25. The van der Waals surface area contributed by atoms with Crippen LogP contribution in [0.4, 0.5) is 0 Å². The molecule has 3 nitrogen and oxygen atoms in total. The van der Waals surface area contributed by atoms with E-state index < -0.39 is 0 Å². The summed E-state index contributed by atoms with van der Waals surface area (Å²) in [6, 6.07) is 2.37. The van der Waals surface area contributed by atoms with Crippen molar-refractivity contribution in [2.24, 2.45) is 5.92 Å². The summed E-state index contributed by atoms with van der Waals surface area (Å²) in [5, 5.41) is 8.99. The standard InChI is InChI=1S/C21H39NO2/c1-3-4-5-6-9-12-15-20(18-19-22)16-13-10-7-8-11-14-17-21(23)24-2/h20H,3-18H2,1-2H3. The zero-order chi connectivity index (χ0) is 17.9. The van der Waals surface area contributed by atoms with Crippen molar-refractivity contribution in [3.8, 4) is 6.07 Å². The van der Waals surface area contributed by atoms with E-state index in [1.807, 2.05) is 0 Å². The highest BCUT2D eigenvalue weighted by Crippen LogP contribution is 2.21. The molecule has 3 heteroatoms. The van der Waals surface area contributed by atoms with E-state index in [-0.39, 0.29) is 5.97 Å². The molecule has 0 fully saturated rings. The summed E-state index contributed by atoms with van der Waals surface area (Å²) < 4.78 is 4.64. The molecular formula is C21H39NO2. The van der Waals surface area contributed by atoms with E-state index in [2.05, 4.69) is 17.7 Å². The maximum atomic E-state index is 11.0. The second kappa shape index (κ2) is 18.3. The van der Waals surface area contributed by atoms with E-state index in [0.717, 1.165) is 19.3 Å². The van der Waals surface area contributed by atoms with Crippen LogP contribution in [0.5, 0.6) is 0 Å². The average molecular weight is 338 g/mol. The van der Waals surface area contributed by atoms with Gasteiger partial charge in [0.05, 0.1) is 13.2 Å². The van der Waals surface area contributed by atoms with Gasteiger partial charge in [-0.1, -0.05) is 77.6 Å². The lowest BCUT2D eigenvalue weighted by Crippen LogP contribution is -2.00. The molecule has 0 radical (unpaired) electrons. The van der Waals surface area contributed by atoms with Crippen LogP contribution in [0.25, 0.3) is 0 Å². The van der Waals surface area contributed by atoms with Crippen LogP contribution in [0.3, 0.4) is 0 Å². The van der Waals surface area contributed by atoms with E-state index in [1.165, 1.54) is 84.2 Å². The number of ether oxygens (including phenoxy) is 1. The van der Waals surface area contributed by atoms with Gasteiger partial charge in [-0.25, -0.2) is 0 Å². The Morgan fingerprint density at radius 3 is 1.88 bits per heavy atom. The van der Waals surface area contributed by atoms with Crippen LogP contribution in [0.15, 0.2) is 0 Å². The highest BCUT2D eigenvalue weighted by molar-refractivity contribution is 5.68. The maximum Gasteiger partial charge on any atom is 0.305 e. The number of hydrogen-bond donors (Lipinski definition) is 0. The topological polar surface area (TPSA) is 50.1 Å². The number of carbonyl (C=O) groups excluding carboxylic acids is 1. The van der Waals surface area contributed by atoms with Crippen molar-refractivity contribution < 1.29 is 9.53 Å². The third kappa shape index (κ3) is 15.8. The van der Waals surface area contributed by atoms with Gasteiger partial charge in [-0.3, -0.25) is 4.79 Å². The fourth-order valence-electron chi connectivity index (χ4n) is 3.20. The summed E-state index contributed by atoms with van der Waals surface area (Å²) in [5.41, 5.74) is 0. The second-order valence-corrected chi connectivity index (χ2v) is 7.02. The number of esters is 1. The molecule has 140 valence electrons. The third-order valence-corrected chi connectivity index (χ3v) is 4.82. The molecule has 0 saturated carbocycles. The molecule has 1 atom stereocenters. The zero-order valence-corrected chi connectivity index (χ0v) is 16.2. The molecule has 0 aromatic carbocycles. The number of nitriles is 1. The first kappa shape index (κ1) is 23.0. The van der Waals surface area contributed by atoms with E-state index in [1.54, 1.807) is 0 Å². The zero-order valence-electron chi connectivity index (χ0n) is 16.2. The molecule has 0 N–H and O–H groups in total. The third-order valence-electron chi connectivity index (χ3n) is 4.82. The molecule has 0 aromatic heterocycles. The van der Waals surface area contributed by atoms with Gasteiger partial charge in [0.15, 0.2) is 0 Å². The summed E-state index contributed by atoms with van der Waals surface area (Å²) in [5.74, 6) is 0.518. The van der Waals surface area contributed by atoms with E-state index in [0.29, 0.717) is 12.3 Å². The summed E-state index contributed by atoms with van der Waals surface area (Å²) in [6.07, 6.45) is 18.8. The predicted molar refractivity (Wildman–Crippen MR) is 101 cm³/mol. The molecule has 0 aliphatic carbocycles. The number of hydrogen-bond acceptors (Lipinski definition) is 3. The molecule has 0 spiro atoms. The first-order valence-corrected chi connectivity index (χ1v) is 10.2. The molecule has 0 saturated heterocycles. The lowest BCUT2D eigenvalue weighted by molar-refractivity contribution is -0.140. The Labute approximate surface area is 150 Å². The highest BCUT2D eigenvalue weighted by atomic mass is 16.5. The van der Waals surface area contributed by atoms with Gasteiger partial charge >= 0.3 is 5.97 Å². The Morgan fingerprint density at radius 2 is 1.38 bits per heavy atom. The second-order valence-electron chi connectivity index (χ2n) is 7.02. The fraction of sp³-hybridized carbons (Fsp3) is 0.905. The van der Waals surface area contributed by atoms with Gasteiger partial charge < -0.3 is 4.74 Å². The predicted octanol–water partition coefficient (Wildman–Crippen LogP) is 6.56. The van der Waals surface area contributed by atoms with Crippen molar-refractivity contribution in [1.82, 2.24) is 0 Å². The Balaban J connectivity index is 3.50. The first-order chi connectivity index (χ1) is 11.7. The van der Waals surface area contributed by atoms with Gasteiger partial charge in [-0.2, -0.15) is 5.26 Å². The number of carbonyl (C=O) groups is 1. The smallest absolute Gasteiger partial charge is 0.305 e. The first-order valence-electron chi connectivity index (χ1n) is 10.2. The van der Waals surface area contributed by atoms with Gasteiger partial charge in [0.25, 0.3) is 0 Å². The Hall–Kier alpha value is -1.04. The molecular weight excluding hydrogens is 298 g/mol. The van der Waals surface area contributed by atoms with Crippen LogP contribution in [0, 0.1) is 17.2 Å². The van der Waals surface area contributed by atoms with Crippen molar-refractivity contribution in [3.05, 3.63) is 0 Å². The Bertz CT molecular complexity index is 322. The van der Waals surface area contributed by atoms with Crippen LogP contribution in [-0.2, 0) is 9.53 Å². The molecule has 0 aliphatic heterocycles. The molecule has 24 heavy (non-hydrogen) atoms. The van der Waals surface area contributed by atoms with Crippen LogP contribution >= 0.6 is 0 Å². The van der Waals surface area contributed by atoms with Gasteiger partial charge in [0.2, 0.25) is 0 Å². The molecule has 0 bridgehead atoms. The number of unbranched alkanes of at least 4 members (excludes halogenated alkanes) is 10. The summed E-state index contributed by atoms with van der Waals surface area (Å²) in [4.78, 5) is 11.0. The average Bonchev–Trinajstić information content (AvgIpc) is 2.59. The van der Waals surface area contributed by atoms with Gasteiger partial charge in [0.1, 0.15) is 0 Å². The van der Waals surface area contributed by atoms with Crippen molar-refractivity contribution in [1.29, 1.82) is 5.26 Å². The van der Waals surface area contributed by atoms with Crippen LogP contribution in [0.1, 0.15) is 110 Å². The van der Waals surface area contributed by atoms with Crippen LogP contribution in [0.2, 0.25) is 0 Å². The molecule has 0 aromatic rings. The van der Waals surface area contributed by atoms with E-state index >= 15 is 0 Å². The van der Waals surface area contributed by atoms with Crippen molar-refractivity contribution in [2.75, 3.05) is 7.11 Å². The van der Waals surface area contributed by atoms with Crippen molar-refractivity contribution >= 4 is 5.97 Å². The van der Waals surface area contributed by atoms with Crippen LogP contribution in [-0.4, -0.2) is 13.1 Å². The minimum atomic E-state index is -0.0935. The van der Waals surface area contributed by atoms with Crippen molar-refractivity contribution in [3.63, 3.8) is 0 Å². The van der Waals surface area contributed by atoms with Gasteiger partial charge in [-0.15, -0.1) is 0 Å². The van der Waals surface area contributed by atoms with Crippen molar-refractivity contribution in [2.45, 2.75) is 110 Å². The van der Waals surface area contributed by atoms with Gasteiger partial charge in [0, 0.05) is 12.8 Å². The number of methoxy groups -OCH3 is 1. The fourth-order valence-corrected chi connectivity index (χ4v) is 3.20. The number of rotatable bonds is 17. The van der Waals surface area contributed by atoms with E-state index in [9.17, 15) is 4.79 Å². The lowest BCUT2D eigenvalue weighted by Gasteiger charge is -2.13. The molecule has 0 rings (SSSR count). The minimum Gasteiger partial charge on any atom is -0.469 e. The summed E-state index contributed by atoms with van der Waals surface area (Å²) in [7, 11) is 1.45. The SMILES string of the molecule is CCCCCCCCC(CC#N)CCCCCCCCC(=O)OC. The van der Waals surface area contributed by atoms with Crippen LogP contribution < -0.4 is 0 Å². The Morgan fingerprint density at radius 1 is 0.875 bits per heavy atom. The molecule has 0 aliphatic rings. The molecule has 1 unspecified atom stereocenters. The molecule has 0 amide bonds. The maximum absolute atomic E-state index is 11.0. The lowest BCUT2D eigenvalue weighted by atomic mass is 9.92. The Kier molecular flexibility index (Phi) is 17.5. The van der Waals surface area contributed by atoms with Gasteiger partial charge in [-0.05, 0) is 25.2 Å². The normalized spacial score (nSPS) is 11.9. The quantitative estimate of drug-likeness (QED) is 0.223. The monoisotopic (exact) mass is 337 g/mol.